The van der Waals surface area contributed by atoms with Gasteiger partial charge < -0.3 is 19.3 Å². The Morgan fingerprint density at radius 3 is 1.70 bits per heavy atom. The van der Waals surface area contributed by atoms with E-state index in [-0.39, 0.29) is 12.4 Å². The third-order valence-electron chi connectivity index (χ3n) is 7.34. The van der Waals surface area contributed by atoms with Crippen molar-refractivity contribution in [3.05, 3.63) is 144 Å². The molecule has 2 heterocycles. The summed E-state index contributed by atoms with van der Waals surface area (Å²) in [5.41, 5.74) is 1.95. The molecule has 2 aliphatic rings. The molecule has 206 valence electrons. The lowest BCUT2D eigenvalue weighted by molar-refractivity contribution is -0.246. The summed E-state index contributed by atoms with van der Waals surface area (Å²) in [4.78, 5) is 0. The summed E-state index contributed by atoms with van der Waals surface area (Å²) in [6.45, 7) is 0.124. The zero-order valence-electron chi connectivity index (χ0n) is 21.7. The van der Waals surface area contributed by atoms with Gasteiger partial charge in [-0.1, -0.05) is 121 Å². The average molecular weight is 559 g/mol. The Hall–Kier alpha value is -3.37. The van der Waals surface area contributed by atoms with Crippen LogP contribution in [-0.2, 0) is 39.9 Å². The minimum absolute atomic E-state index is 0.124. The number of fused-ring (bicyclic) bond motifs is 2. The third kappa shape index (κ3) is 5.22. The maximum Gasteiger partial charge on any atom is 0.272 e. The van der Waals surface area contributed by atoms with Crippen molar-refractivity contribution >= 4 is 10.1 Å². The number of ether oxygens (including phenoxy) is 3. The second-order valence-corrected chi connectivity index (χ2v) is 11.6. The summed E-state index contributed by atoms with van der Waals surface area (Å²) in [7, 11) is -4.09. The predicted octanol–water partition coefficient (Wildman–Crippen LogP) is 4.39. The molecule has 0 unspecified atom stereocenters. The molecule has 2 saturated heterocycles. The first kappa shape index (κ1) is 26.8. The van der Waals surface area contributed by atoms with Crippen LogP contribution < -0.4 is 0 Å². The Labute approximate surface area is 234 Å². The third-order valence-corrected chi connectivity index (χ3v) is 8.54. The lowest BCUT2D eigenvalue weighted by atomic mass is 9.79. The zero-order chi connectivity index (χ0) is 27.6. The van der Waals surface area contributed by atoms with Gasteiger partial charge in [-0.15, -0.1) is 0 Å². The van der Waals surface area contributed by atoms with E-state index in [1.165, 1.54) is 0 Å². The molecule has 7 nitrogen and oxygen atoms in total. The Bertz CT molecular complexity index is 1400. The van der Waals surface area contributed by atoms with Crippen molar-refractivity contribution in [1.82, 2.24) is 0 Å². The van der Waals surface area contributed by atoms with Gasteiger partial charge in [0.05, 0.1) is 6.61 Å². The number of rotatable bonds is 9. The van der Waals surface area contributed by atoms with Crippen LogP contribution in [-0.4, -0.2) is 50.8 Å². The average Bonchev–Trinajstić information content (AvgIpc) is 3.44. The molecule has 0 radical (unpaired) electrons. The first-order valence-corrected chi connectivity index (χ1v) is 14.8. The van der Waals surface area contributed by atoms with Gasteiger partial charge in [-0.25, -0.2) is 0 Å². The molecule has 0 aromatic heterocycles. The smallest absolute Gasteiger partial charge is 0.272 e. The van der Waals surface area contributed by atoms with Gasteiger partial charge in [-0.05, 0) is 22.3 Å². The minimum atomic E-state index is -4.09. The molecule has 4 aromatic carbocycles. The summed E-state index contributed by atoms with van der Waals surface area (Å²) in [5.74, 6) is -0.347. The summed E-state index contributed by atoms with van der Waals surface area (Å²) in [5, 5.41) is 11.7. The van der Waals surface area contributed by atoms with Crippen LogP contribution in [0, 0.1) is 0 Å². The number of hydrogen-bond acceptors (Lipinski definition) is 7. The van der Waals surface area contributed by atoms with Crippen LogP contribution in [0.2, 0.25) is 0 Å². The van der Waals surface area contributed by atoms with Crippen LogP contribution >= 0.6 is 0 Å². The molecule has 4 aromatic rings. The number of aliphatic hydroxyl groups excluding tert-OH is 1. The second kappa shape index (κ2) is 11.2. The molecule has 0 aliphatic carbocycles. The van der Waals surface area contributed by atoms with Crippen LogP contribution in [0.3, 0.4) is 0 Å². The Morgan fingerprint density at radius 2 is 1.20 bits per heavy atom. The van der Waals surface area contributed by atoms with E-state index < -0.39 is 46.4 Å². The summed E-state index contributed by atoms with van der Waals surface area (Å²) < 4.78 is 50.5. The number of aliphatic hydroxyl groups is 1. The van der Waals surface area contributed by atoms with Crippen LogP contribution in [0.4, 0.5) is 0 Å². The van der Waals surface area contributed by atoms with Gasteiger partial charge in [0.1, 0.15) is 29.7 Å². The van der Waals surface area contributed by atoms with E-state index in [0.717, 1.165) is 16.7 Å². The van der Waals surface area contributed by atoms with Crippen molar-refractivity contribution in [2.24, 2.45) is 0 Å². The highest BCUT2D eigenvalue weighted by Gasteiger charge is 2.56. The molecule has 5 atom stereocenters. The van der Waals surface area contributed by atoms with Crippen molar-refractivity contribution in [3.8, 4) is 0 Å². The van der Waals surface area contributed by atoms with E-state index in [0.29, 0.717) is 5.56 Å². The largest absolute Gasteiger partial charge is 0.387 e. The van der Waals surface area contributed by atoms with E-state index in [1.807, 2.05) is 97.1 Å². The van der Waals surface area contributed by atoms with E-state index in [9.17, 15) is 13.5 Å². The maximum absolute atomic E-state index is 13.1. The molecule has 0 amide bonds. The number of benzene rings is 4. The lowest BCUT2D eigenvalue weighted by Crippen LogP contribution is -2.58. The summed E-state index contributed by atoms with van der Waals surface area (Å²) in [6.07, 6.45) is -5.31. The van der Waals surface area contributed by atoms with E-state index in [1.54, 1.807) is 24.3 Å². The Balaban J connectivity index is 1.39. The van der Waals surface area contributed by atoms with Crippen LogP contribution in [0.5, 0.6) is 0 Å². The van der Waals surface area contributed by atoms with Gasteiger partial charge in [0, 0.05) is 0 Å². The van der Waals surface area contributed by atoms with Crippen molar-refractivity contribution < 1.29 is 31.9 Å². The van der Waals surface area contributed by atoms with Crippen molar-refractivity contribution in [3.63, 3.8) is 0 Å². The highest BCUT2D eigenvalue weighted by atomic mass is 32.2. The highest BCUT2D eigenvalue weighted by Crippen LogP contribution is 2.44. The zero-order valence-corrected chi connectivity index (χ0v) is 22.5. The first-order chi connectivity index (χ1) is 19.5. The fourth-order valence-electron chi connectivity index (χ4n) is 5.51. The van der Waals surface area contributed by atoms with Crippen molar-refractivity contribution in [1.29, 1.82) is 0 Å². The van der Waals surface area contributed by atoms with Crippen LogP contribution in [0.25, 0.3) is 0 Å². The highest BCUT2D eigenvalue weighted by molar-refractivity contribution is 7.85. The van der Waals surface area contributed by atoms with Crippen LogP contribution in [0.1, 0.15) is 22.3 Å². The molecular weight excluding hydrogens is 528 g/mol. The van der Waals surface area contributed by atoms with E-state index in [2.05, 4.69) is 0 Å². The molecule has 2 bridgehead atoms. The van der Waals surface area contributed by atoms with Gasteiger partial charge in [0.15, 0.2) is 12.4 Å². The normalized spacial score (nSPS) is 24.6. The molecule has 2 fully saturated rings. The Kier molecular flexibility index (Phi) is 7.55. The predicted molar refractivity (Wildman–Crippen MR) is 149 cm³/mol. The van der Waals surface area contributed by atoms with Gasteiger partial charge in [0.25, 0.3) is 10.1 Å². The lowest BCUT2D eigenvalue weighted by Gasteiger charge is -2.44. The monoisotopic (exact) mass is 558 g/mol. The number of hydrogen-bond donors (Lipinski definition) is 1. The molecule has 8 heteroatoms. The quantitative estimate of drug-likeness (QED) is 0.241. The maximum atomic E-state index is 13.1. The SMILES string of the molecule is O=S(=O)(Cc1ccccc1)O[C@H]1[C@@H]2OC[C@@H](O2)[C@@H](OC(c2ccccc2)(c2ccccc2)c2ccccc2)[C@@H]1O. The van der Waals surface area contributed by atoms with Crippen molar-refractivity contribution in [2.75, 3.05) is 6.61 Å². The van der Waals surface area contributed by atoms with E-state index in [4.69, 9.17) is 18.4 Å². The van der Waals surface area contributed by atoms with Gasteiger partial charge >= 0.3 is 0 Å². The molecule has 0 spiro atoms. The first-order valence-electron chi connectivity index (χ1n) is 13.2. The fraction of sp³-hybridized carbons (Fsp3) is 0.250. The van der Waals surface area contributed by atoms with Gasteiger partial charge in [0.2, 0.25) is 0 Å². The topological polar surface area (TPSA) is 91.3 Å². The molecule has 40 heavy (non-hydrogen) atoms. The molecule has 1 N–H and O–H groups in total. The van der Waals surface area contributed by atoms with Gasteiger partial charge in [-0.3, -0.25) is 4.18 Å². The Morgan fingerprint density at radius 1 is 0.725 bits per heavy atom. The van der Waals surface area contributed by atoms with Gasteiger partial charge in [-0.2, -0.15) is 8.42 Å². The fourth-order valence-corrected chi connectivity index (χ4v) is 6.72. The summed E-state index contributed by atoms with van der Waals surface area (Å²) >= 11 is 0. The molecule has 2 aliphatic heterocycles. The minimum Gasteiger partial charge on any atom is -0.387 e. The standard InChI is InChI=1S/C32H30O7S/c33-28-29(27-21-36-31(37-27)30(28)39-40(34,35)22-23-13-5-1-6-14-23)38-32(24-15-7-2-8-16-24,25-17-9-3-10-18-25)26-19-11-4-12-20-26/h1-20,27-31,33H,21-22H2/t27-,28+,29-,30-,31-/m1/s1. The molecular formula is C32H30O7S. The molecule has 0 saturated carbocycles. The molecule has 6 rings (SSSR count). The van der Waals surface area contributed by atoms with Crippen molar-refractivity contribution in [2.45, 2.75) is 42.1 Å². The second-order valence-electron chi connectivity index (χ2n) is 9.98. The summed E-state index contributed by atoms with van der Waals surface area (Å²) in [6, 6.07) is 38.0. The van der Waals surface area contributed by atoms with Crippen LogP contribution in [0.15, 0.2) is 121 Å². The van der Waals surface area contributed by atoms with E-state index >= 15 is 0 Å².